The van der Waals surface area contributed by atoms with E-state index in [0.29, 0.717) is 29.5 Å². The van der Waals surface area contributed by atoms with Gasteiger partial charge in [-0.1, -0.05) is 51.8 Å². The van der Waals surface area contributed by atoms with Gasteiger partial charge in [0.25, 0.3) is 5.91 Å². The maximum Gasteiger partial charge on any atom is 0.258 e. The summed E-state index contributed by atoms with van der Waals surface area (Å²) >= 11 is 15.3. The number of carbonyl (C=O) groups excluding carboxylic acids is 1. The first kappa shape index (κ1) is 21.1. The first-order chi connectivity index (χ1) is 14.5. The van der Waals surface area contributed by atoms with Crippen molar-refractivity contribution < 1.29 is 9.53 Å². The zero-order chi connectivity index (χ0) is 21.1. The second kappa shape index (κ2) is 9.31. The van der Waals surface area contributed by atoms with Gasteiger partial charge in [0.2, 0.25) is 0 Å². The Morgan fingerprint density at radius 1 is 1.07 bits per heavy atom. The molecule has 0 saturated carbocycles. The number of benzene rings is 3. The van der Waals surface area contributed by atoms with Crippen LogP contribution >= 0.6 is 39.7 Å². The molecule has 1 aliphatic rings. The van der Waals surface area contributed by atoms with Crippen molar-refractivity contribution in [2.45, 2.75) is 0 Å². The highest BCUT2D eigenvalue weighted by Gasteiger charge is 2.16. The molecule has 3 aromatic carbocycles. The third kappa shape index (κ3) is 4.59. The molecule has 8 heteroatoms. The van der Waals surface area contributed by atoms with E-state index in [1.165, 1.54) is 0 Å². The fourth-order valence-corrected chi connectivity index (χ4v) is 4.46. The van der Waals surface area contributed by atoms with Gasteiger partial charge in [0.05, 0.1) is 23.9 Å². The quantitative estimate of drug-likeness (QED) is 0.479. The molecular weight excluding hydrogens is 486 g/mol. The Balaban J connectivity index is 1.45. The SMILES string of the molecule is O=C(NC(=S)Nc1ccc(N2CCOCC2)c(Cl)c1)c1cccc2c(Br)cccc12. The predicted octanol–water partition coefficient (Wildman–Crippen LogP) is 5.22. The summed E-state index contributed by atoms with van der Waals surface area (Å²) in [4.78, 5) is 15.0. The van der Waals surface area contributed by atoms with Gasteiger partial charge in [0, 0.05) is 28.8 Å². The molecule has 0 spiro atoms. The number of thiocarbonyl (C=S) groups is 1. The Hall–Kier alpha value is -2.19. The standard InChI is InChI=1S/C22H19BrClN3O2S/c23-18-6-2-3-15-16(18)4-1-5-17(15)21(28)26-22(30)25-14-7-8-20(19(24)13-14)27-9-11-29-12-10-27/h1-8,13H,9-12H2,(H2,25,26,28,30). The Morgan fingerprint density at radius 2 is 1.80 bits per heavy atom. The van der Waals surface area contributed by atoms with Crippen LogP contribution in [0.15, 0.2) is 59.1 Å². The summed E-state index contributed by atoms with van der Waals surface area (Å²) in [5.41, 5.74) is 2.23. The van der Waals surface area contributed by atoms with Crippen molar-refractivity contribution in [2.24, 2.45) is 0 Å². The van der Waals surface area contributed by atoms with Gasteiger partial charge in [-0.3, -0.25) is 10.1 Å². The van der Waals surface area contributed by atoms with Crippen molar-refractivity contribution in [2.75, 3.05) is 36.5 Å². The number of hydrogen-bond donors (Lipinski definition) is 2. The minimum Gasteiger partial charge on any atom is -0.378 e. The largest absolute Gasteiger partial charge is 0.378 e. The van der Waals surface area contributed by atoms with Gasteiger partial charge < -0.3 is 15.0 Å². The molecule has 0 aliphatic carbocycles. The van der Waals surface area contributed by atoms with Gasteiger partial charge in [-0.2, -0.15) is 0 Å². The number of halogens is 2. The molecule has 1 fully saturated rings. The molecule has 1 amide bonds. The van der Waals surface area contributed by atoms with Gasteiger partial charge in [0.1, 0.15) is 0 Å². The van der Waals surface area contributed by atoms with E-state index >= 15 is 0 Å². The number of fused-ring (bicyclic) bond motifs is 1. The van der Waals surface area contributed by atoms with E-state index in [4.69, 9.17) is 28.6 Å². The average Bonchev–Trinajstić information content (AvgIpc) is 2.74. The number of rotatable bonds is 3. The zero-order valence-corrected chi connectivity index (χ0v) is 19.1. The van der Waals surface area contributed by atoms with E-state index in [1.54, 1.807) is 12.1 Å². The third-order valence-electron chi connectivity index (χ3n) is 4.90. The van der Waals surface area contributed by atoms with Crippen LogP contribution in [0.4, 0.5) is 11.4 Å². The monoisotopic (exact) mass is 503 g/mol. The van der Waals surface area contributed by atoms with Gasteiger partial charge in [-0.05, 0) is 53.3 Å². The van der Waals surface area contributed by atoms with Gasteiger partial charge in [-0.25, -0.2) is 0 Å². The number of nitrogens with one attached hydrogen (secondary N) is 2. The molecule has 3 aromatic rings. The number of ether oxygens (including phenoxy) is 1. The van der Waals surface area contributed by atoms with E-state index in [9.17, 15) is 4.79 Å². The second-order valence-electron chi connectivity index (χ2n) is 6.81. The van der Waals surface area contributed by atoms with E-state index in [1.807, 2.05) is 42.5 Å². The molecule has 0 aromatic heterocycles. The molecular formula is C22H19BrClN3O2S. The van der Waals surface area contributed by atoms with Crippen molar-refractivity contribution in [1.82, 2.24) is 5.32 Å². The Kier molecular flexibility index (Phi) is 6.53. The van der Waals surface area contributed by atoms with Crippen LogP contribution in [0, 0.1) is 0 Å². The lowest BCUT2D eigenvalue weighted by atomic mass is 10.0. The number of amides is 1. The molecule has 30 heavy (non-hydrogen) atoms. The minimum absolute atomic E-state index is 0.210. The minimum atomic E-state index is -0.271. The first-order valence-electron chi connectivity index (χ1n) is 9.45. The van der Waals surface area contributed by atoms with Crippen LogP contribution in [-0.2, 0) is 4.74 Å². The molecule has 1 heterocycles. The average molecular weight is 505 g/mol. The highest BCUT2D eigenvalue weighted by Crippen LogP contribution is 2.30. The van der Waals surface area contributed by atoms with Crippen LogP contribution in [0.3, 0.4) is 0 Å². The van der Waals surface area contributed by atoms with Crippen LogP contribution < -0.4 is 15.5 Å². The Labute approximate surface area is 193 Å². The highest BCUT2D eigenvalue weighted by atomic mass is 79.9. The fraction of sp³-hybridized carbons (Fsp3) is 0.182. The van der Waals surface area contributed by atoms with E-state index in [2.05, 4.69) is 31.5 Å². The lowest BCUT2D eigenvalue weighted by Crippen LogP contribution is -2.36. The molecule has 0 unspecified atom stereocenters. The van der Waals surface area contributed by atoms with E-state index in [0.717, 1.165) is 34.0 Å². The number of morpholine rings is 1. The van der Waals surface area contributed by atoms with Crippen LogP contribution in [0.2, 0.25) is 5.02 Å². The number of nitrogens with zero attached hydrogens (tertiary/aromatic N) is 1. The van der Waals surface area contributed by atoms with E-state index < -0.39 is 0 Å². The van der Waals surface area contributed by atoms with Crippen molar-refractivity contribution in [1.29, 1.82) is 0 Å². The molecule has 2 N–H and O–H groups in total. The molecule has 0 radical (unpaired) electrons. The van der Waals surface area contributed by atoms with Crippen molar-refractivity contribution in [3.63, 3.8) is 0 Å². The molecule has 154 valence electrons. The fourth-order valence-electron chi connectivity index (χ4n) is 3.45. The maximum absolute atomic E-state index is 12.8. The molecule has 1 saturated heterocycles. The Morgan fingerprint density at radius 3 is 2.57 bits per heavy atom. The predicted molar refractivity (Wildman–Crippen MR) is 130 cm³/mol. The highest BCUT2D eigenvalue weighted by molar-refractivity contribution is 9.10. The maximum atomic E-state index is 12.8. The van der Waals surface area contributed by atoms with Crippen molar-refractivity contribution >= 4 is 72.9 Å². The van der Waals surface area contributed by atoms with Gasteiger partial charge >= 0.3 is 0 Å². The molecule has 4 rings (SSSR count). The van der Waals surface area contributed by atoms with Crippen LogP contribution in [0.1, 0.15) is 10.4 Å². The van der Waals surface area contributed by atoms with Crippen molar-refractivity contribution in [3.05, 3.63) is 69.7 Å². The number of carbonyl (C=O) groups is 1. The topological polar surface area (TPSA) is 53.6 Å². The normalized spacial score (nSPS) is 13.9. The summed E-state index contributed by atoms with van der Waals surface area (Å²) in [5, 5.41) is 8.44. The zero-order valence-electron chi connectivity index (χ0n) is 16.0. The number of anilines is 2. The summed E-state index contributed by atoms with van der Waals surface area (Å²) < 4.78 is 6.32. The van der Waals surface area contributed by atoms with Gasteiger partial charge in [0.15, 0.2) is 5.11 Å². The summed E-state index contributed by atoms with van der Waals surface area (Å²) in [6.45, 7) is 3.00. The van der Waals surface area contributed by atoms with Crippen LogP contribution in [0.5, 0.6) is 0 Å². The molecule has 0 atom stereocenters. The lowest BCUT2D eigenvalue weighted by molar-refractivity contribution is 0.0979. The summed E-state index contributed by atoms with van der Waals surface area (Å²) in [6, 6.07) is 17.0. The van der Waals surface area contributed by atoms with Crippen LogP contribution in [-0.4, -0.2) is 37.3 Å². The molecule has 0 bridgehead atoms. The number of hydrogen-bond acceptors (Lipinski definition) is 4. The third-order valence-corrected chi connectivity index (χ3v) is 6.10. The summed E-state index contributed by atoms with van der Waals surface area (Å²) in [6.07, 6.45) is 0. The van der Waals surface area contributed by atoms with Gasteiger partial charge in [-0.15, -0.1) is 0 Å². The van der Waals surface area contributed by atoms with E-state index in [-0.39, 0.29) is 11.0 Å². The summed E-state index contributed by atoms with van der Waals surface area (Å²) in [5.74, 6) is -0.271. The molecule has 1 aliphatic heterocycles. The lowest BCUT2D eigenvalue weighted by Gasteiger charge is -2.29. The first-order valence-corrected chi connectivity index (χ1v) is 11.0. The smallest absolute Gasteiger partial charge is 0.258 e. The Bertz CT molecular complexity index is 1120. The van der Waals surface area contributed by atoms with Crippen molar-refractivity contribution in [3.8, 4) is 0 Å². The van der Waals surface area contributed by atoms with Crippen LogP contribution in [0.25, 0.3) is 10.8 Å². The summed E-state index contributed by atoms with van der Waals surface area (Å²) in [7, 11) is 0. The second-order valence-corrected chi connectivity index (χ2v) is 8.48. The molecule has 5 nitrogen and oxygen atoms in total.